The number of hydrogen-bond acceptors (Lipinski definition) is 2. The van der Waals surface area contributed by atoms with Gasteiger partial charge in [0.15, 0.2) is 0 Å². The molecule has 0 spiro atoms. The minimum atomic E-state index is 0.0277. The molecule has 3 aliphatic heterocycles. The van der Waals surface area contributed by atoms with E-state index in [1.807, 2.05) is 6.08 Å². The molecule has 234 valence electrons. The Morgan fingerprint density at radius 1 is 0.809 bits per heavy atom. The molecule has 0 bridgehead atoms. The second kappa shape index (κ2) is 10.4. The van der Waals surface area contributed by atoms with Crippen molar-refractivity contribution >= 4 is 57.0 Å². The van der Waals surface area contributed by atoms with Crippen LogP contribution in [-0.2, 0) is 18.3 Å². The fourth-order valence-corrected chi connectivity index (χ4v) is 10.4. The Bertz CT molecular complexity index is 2040. The molecule has 3 heteroatoms. The Morgan fingerprint density at radius 2 is 1.55 bits per heavy atom. The summed E-state index contributed by atoms with van der Waals surface area (Å²) in [6.07, 6.45) is 16.7. The maximum Gasteiger partial charge on any atom is 0.252 e. The normalized spacial score (nSPS) is 23.9. The molecule has 5 aliphatic rings. The predicted molar refractivity (Wildman–Crippen MR) is 203 cm³/mol. The zero-order valence-electron chi connectivity index (χ0n) is 28.5. The maximum absolute atomic E-state index is 4.16. The first-order chi connectivity index (χ1) is 22.9. The first-order valence-corrected chi connectivity index (χ1v) is 17.9. The number of para-hydroxylation sites is 1. The van der Waals surface area contributed by atoms with Crippen LogP contribution < -0.4 is 26.2 Å². The van der Waals surface area contributed by atoms with Gasteiger partial charge in [0.25, 0.3) is 6.71 Å². The molecule has 0 saturated heterocycles. The highest BCUT2D eigenvalue weighted by Gasteiger charge is 2.62. The second-order valence-corrected chi connectivity index (χ2v) is 15.2. The van der Waals surface area contributed by atoms with Crippen molar-refractivity contribution in [3.8, 4) is 0 Å². The lowest BCUT2D eigenvalue weighted by atomic mass is 9.33. The second-order valence-electron chi connectivity index (χ2n) is 15.2. The number of anilines is 4. The Kier molecular flexibility index (Phi) is 6.39. The monoisotopic (exact) mass is 612 g/mol. The lowest BCUT2D eigenvalue weighted by Gasteiger charge is -2.52. The van der Waals surface area contributed by atoms with Crippen LogP contribution in [0.5, 0.6) is 0 Å². The number of benzene rings is 4. The van der Waals surface area contributed by atoms with E-state index in [9.17, 15) is 0 Å². The molecule has 1 fully saturated rings. The standard InChI is InChI=1S/C44H45BN2/c1-6-16-31(25-29(2)30-17-8-7-9-18-30)33-27-38-41-39(28-33)47-42-36(45(41)35-21-12-13-22-37(35)46(38)5)26-32-19-10-11-20-34(32)40(42)43(3)23-14-15-24-44(43,47)4/h6-9,12-13,16-18,21-22,25-28H,1,10-11,14-15,19-20,23-24H2,2-5H3/b29-25+,31-16+. The van der Waals surface area contributed by atoms with Crippen LogP contribution in [0.3, 0.4) is 0 Å². The Balaban J connectivity index is 1.37. The summed E-state index contributed by atoms with van der Waals surface area (Å²) in [6, 6.07) is 27.6. The number of rotatable bonds is 4. The van der Waals surface area contributed by atoms with Gasteiger partial charge in [0, 0.05) is 35.2 Å². The molecule has 0 amide bonds. The summed E-state index contributed by atoms with van der Waals surface area (Å²) in [4.78, 5) is 5.36. The van der Waals surface area contributed by atoms with E-state index >= 15 is 0 Å². The number of fused-ring (bicyclic) bond motifs is 9. The van der Waals surface area contributed by atoms with Crippen LogP contribution >= 0.6 is 0 Å². The summed E-state index contributed by atoms with van der Waals surface area (Å²) >= 11 is 0. The molecule has 0 N–H and O–H groups in total. The Labute approximate surface area is 281 Å². The summed E-state index contributed by atoms with van der Waals surface area (Å²) in [7, 11) is 2.28. The van der Waals surface area contributed by atoms with E-state index in [-0.39, 0.29) is 17.7 Å². The summed E-state index contributed by atoms with van der Waals surface area (Å²) in [5.74, 6) is 0. The lowest BCUT2D eigenvalue weighted by molar-refractivity contribution is 0.194. The van der Waals surface area contributed by atoms with E-state index in [0.29, 0.717) is 0 Å². The van der Waals surface area contributed by atoms with Crippen LogP contribution in [0.1, 0.15) is 87.1 Å². The fourth-order valence-electron chi connectivity index (χ4n) is 10.4. The van der Waals surface area contributed by atoms with E-state index in [4.69, 9.17) is 0 Å². The summed E-state index contributed by atoms with van der Waals surface area (Å²) < 4.78 is 0. The van der Waals surface area contributed by atoms with E-state index < -0.39 is 0 Å². The predicted octanol–water partition coefficient (Wildman–Crippen LogP) is 8.89. The number of aryl methyl sites for hydroxylation is 1. The molecule has 2 aliphatic carbocycles. The Morgan fingerprint density at radius 3 is 2.38 bits per heavy atom. The molecular weight excluding hydrogens is 567 g/mol. The molecule has 2 atom stereocenters. The van der Waals surface area contributed by atoms with Gasteiger partial charge in [-0.1, -0.05) is 99.2 Å². The molecule has 47 heavy (non-hydrogen) atoms. The molecule has 0 radical (unpaired) electrons. The molecule has 4 aromatic rings. The van der Waals surface area contributed by atoms with Crippen molar-refractivity contribution in [2.45, 2.75) is 83.1 Å². The molecule has 3 heterocycles. The first kappa shape index (κ1) is 28.9. The summed E-state index contributed by atoms with van der Waals surface area (Å²) in [6.45, 7) is 11.9. The van der Waals surface area contributed by atoms with Gasteiger partial charge in [-0.3, -0.25) is 0 Å². The number of nitrogens with zero attached hydrogens (tertiary/aromatic N) is 2. The highest BCUT2D eigenvalue weighted by molar-refractivity contribution is 7.00. The van der Waals surface area contributed by atoms with Gasteiger partial charge in [-0.05, 0) is 126 Å². The molecule has 1 saturated carbocycles. The smallest absolute Gasteiger partial charge is 0.252 e. The van der Waals surface area contributed by atoms with Crippen LogP contribution in [-0.4, -0.2) is 19.3 Å². The van der Waals surface area contributed by atoms with Crippen molar-refractivity contribution in [3.63, 3.8) is 0 Å². The van der Waals surface area contributed by atoms with Gasteiger partial charge in [0.1, 0.15) is 0 Å². The van der Waals surface area contributed by atoms with Gasteiger partial charge in [0.2, 0.25) is 0 Å². The van der Waals surface area contributed by atoms with Crippen LogP contribution in [0.15, 0.2) is 97.6 Å². The van der Waals surface area contributed by atoms with Crippen molar-refractivity contribution in [3.05, 3.63) is 125 Å². The first-order valence-electron chi connectivity index (χ1n) is 17.9. The SMILES string of the molecule is C=C/C=C(\C=C(/C)c1ccccc1)c1cc2c3c(c1)N1c4c(cc5c(c4C4(C)CCCCC14C)CCCC5)B3c1ccccc1N2C. The van der Waals surface area contributed by atoms with Crippen molar-refractivity contribution in [2.75, 3.05) is 16.8 Å². The summed E-state index contributed by atoms with van der Waals surface area (Å²) in [5.41, 5.74) is 20.3. The average Bonchev–Trinajstić information content (AvgIpc) is 3.32. The molecule has 2 unspecified atom stereocenters. The van der Waals surface area contributed by atoms with Crippen LogP contribution in [0, 0.1) is 0 Å². The largest absolute Gasteiger partial charge is 0.345 e. The van der Waals surface area contributed by atoms with Gasteiger partial charge >= 0.3 is 0 Å². The third kappa shape index (κ3) is 3.86. The number of hydrogen-bond donors (Lipinski definition) is 0. The topological polar surface area (TPSA) is 6.48 Å². The van der Waals surface area contributed by atoms with Gasteiger partial charge in [-0.15, -0.1) is 0 Å². The zero-order valence-corrected chi connectivity index (χ0v) is 28.5. The fraction of sp³-hybridized carbons (Fsp3) is 0.318. The maximum atomic E-state index is 4.16. The number of allylic oxidation sites excluding steroid dienone is 5. The third-order valence-corrected chi connectivity index (χ3v) is 12.9. The van der Waals surface area contributed by atoms with Crippen LogP contribution in [0.25, 0.3) is 11.1 Å². The van der Waals surface area contributed by atoms with Gasteiger partial charge in [-0.25, -0.2) is 0 Å². The van der Waals surface area contributed by atoms with E-state index in [1.54, 1.807) is 27.8 Å². The van der Waals surface area contributed by atoms with Gasteiger partial charge in [-0.2, -0.15) is 0 Å². The van der Waals surface area contributed by atoms with Gasteiger partial charge in [0.05, 0.1) is 5.54 Å². The van der Waals surface area contributed by atoms with E-state index in [1.165, 1.54) is 102 Å². The highest BCUT2D eigenvalue weighted by Crippen LogP contribution is 2.63. The molecule has 4 aromatic carbocycles. The average molecular weight is 613 g/mol. The lowest BCUT2D eigenvalue weighted by Crippen LogP contribution is -2.64. The minimum Gasteiger partial charge on any atom is -0.345 e. The molecular formula is C44H45BN2. The van der Waals surface area contributed by atoms with Crippen LogP contribution in [0.2, 0.25) is 0 Å². The van der Waals surface area contributed by atoms with Crippen molar-refractivity contribution in [1.82, 2.24) is 0 Å². The zero-order chi connectivity index (χ0) is 32.1. The highest BCUT2D eigenvalue weighted by atomic mass is 15.3. The van der Waals surface area contributed by atoms with Crippen molar-refractivity contribution in [2.24, 2.45) is 0 Å². The summed E-state index contributed by atoms with van der Waals surface area (Å²) in [5, 5.41) is 0. The Hall–Kier alpha value is -4.24. The van der Waals surface area contributed by atoms with E-state index in [2.05, 4.69) is 129 Å². The molecule has 0 aromatic heterocycles. The van der Waals surface area contributed by atoms with Crippen molar-refractivity contribution < 1.29 is 0 Å². The van der Waals surface area contributed by atoms with E-state index in [0.717, 1.165) is 0 Å². The van der Waals surface area contributed by atoms with Gasteiger partial charge < -0.3 is 9.80 Å². The van der Waals surface area contributed by atoms with Crippen LogP contribution in [0.4, 0.5) is 22.7 Å². The van der Waals surface area contributed by atoms with Crippen molar-refractivity contribution in [1.29, 1.82) is 0 Å². The minimum absolute atomic E-state index is 0.0277. The quantitative estimate of drug-likeness (QED) is 0.168. The molecule has 2 nitrogen and oxygen atoms in total. The third-order valence-electron chi connectivity index (χ3n) is 12.9. The molecule has 9 rings (SSSR count).